The van der Waals surface area contributed by atoms with Gasteiger partial charge in [0.1, 0.15) is 29.8 Å². The Morgan fingerprint density at radius 1 is 0.727 bits per heavy atom. The van der Waals surface area contributed by atoms with Gasteiger partial charge in [0.05, 0.1) is 52.9 Å². The predicted octanol–water partition coefficient (Wildman–Crippen LogP) is 9.75. The topological polar surface area (TPSA) is 122 Å². The van der Waals surface area contributed by atoms with E-state index in [1.807, 2.05) is 0 Å². The fourth-order valence-electron chi connectivity index (χ4n) is 6.96. The van der Waals surface area contributed by atoms with Crippen LogP contribution in [0.2, 0.25) is 0 Å². The second kappa shape index (κ2) is 31.8. The standard InChI is InChI=1S/C42H77O10P.CH4.Y/c1-32(2)14-11-15-33(3)16-12-17-34(4)18-13-20-42(8)21-19-39-37(7)40(35(5)36(6)41(39)52-42)49-29-28-47-25-24-46-26-27-48-30-38(44)31-51-53(45)50-23-10-9-22-43;;/h32-34,38,43-44,53H,9-31H2,1-8H3;1H4;/t33-,34-,38?,42-;;/m1../s1. The first kappa shape index (κ1) is 54.9. The van der Waals surface area contributed by atoms with Crippen LogP contribution in [0.15, 0.2) is 0 Å². The van der Waals surface area contributed by atoms with E-state index in [1.54, 1.807) is 0 Å². The maximum atomic E-state index is 11.6. The van der Waals surface area contributed by atoms with Crippen LogP contribution in [-0.2, 0) is 67.0 Å². The Hall–Kier alpha value is -0.126. The number of fused-ring (bicyclic) bond motifs is 1. The van der Waals surface area contributed by atoms with E-state index in [0.717, 1.165) is 54.1 Å². The molecule has 321 valence electrons. The number of rotatable bonds is 32. The number of unbranched alkanes of at least 4 members (excludes halogenated alkanes) is 1. The van der Waals surface area contributed by atoms with E-state index < -0.39 is 14.4 Å². The Kier molecular flexibility index (Phi) is 31.7. The SMILES string of the molecule is C.Cc1c(C)c2c(c(C)c1OCCOCCOCCOCC(O)CO[PH](=O)OCCCCO)CC[C@@](C)(CCC[C@H](C)CCC[C@H](C)CCCC(C)C)O2.[Y]. The summed E-state index contributed by atoms with van der Waals surface area (Å²) in [5.41, 5.74) is 4.64. The number of aliphatic hydroxyl groups excluding tert-OH is 2. The van der Waals surface area contributed by atoms with Crippen molar-refractivity contribution in [2.75, 3.05) is 66.1 Å². The molecule has 1 radical (unpaired) electrons. The van der Waals surface area contributed by atoms with Gasteiger partial charge in [-0.3, -0.25) is 4.57 Å². The third kappa shape index (κ3) is 23.3. The van der Waals surface area contributed by atoms with E-state index in [2.05, 4.69) is 55.4 Å². The van der Waals surface area contributed by atoms with Crippen LogP contribution in [0.3, 0.4) is 0 Å². The molecule has 5 atom stereocenters. The van der Waals surface area contributed by atoms with Gasteiger partial charge >= 0.3 is 8.25 Å². The van der Waals surface area contributed by atoms with Crippen LogP contribution in [-0.4, -0.2) is 88.0 Å². The first-order chi connectivity index (χ1) is 25.4. The van der Waals surface area contributed by atoms with Crippen LogP contribution in [0.5, 0.6) is 11.5 Å². The van der Waals surface area contributed by atoms with Gasteiger partial charge in [0.2, 0.25) is 0 Å². The summed E-state index contributed by atoms with van der Waals surface area (Å²) in [7, 11) is -2.66. The maximum absolute atomic E-state index is 11.6. The van der Waals surface area contributed by atoms with Gasteiger partial charge in [-0.15, -0.1) is 0 Å². The Labute approximate surface area is 362 Å². The Morgan fingerprint density at radius 3 is 1.93 bits per heavy atom. The zero-order chi connectivity index (χ0) is 39.1. The fourth-order valence-corrected chi connectivity index (χ4v) is 7.68. The number of aliphatic hydroxyl groups is 2. The zero-order valence-electron chi connectivity index (χ0n) is 35.3. The summed E-state index contributed by atoms with van der Waals surface area (Å²) in [4.78, 5) is 0. The van der Waals surface area contributed by atoms with Crippen LogP contribution in [0.4, 0.5) is 0 Å². The van der Waals surface area contributed by atoms with Gasteiger partial charge in [-0.2, -0.15) is 0 Å². The van der Waals surface area contributed by atoms with Gasteiger partial charge in [0, 0.05) is 44.9 Å². The molecule has 0 amide bonds. The van der Waals surface area contributed by atoms with Crippen LogP contribution in [0.1, 0.15) is 141 Å². The molecule has 0 aliphatic carbocycles. The molecule has 55 heavy (non-hydrogen) atoms. The minimum absolute atomic E-state index is 0. The summed E-state index contributed by atoms with van der Waals surface area (Å²) in [6.07, 6.45) is 14.1. The molecule has 1 aromatic carbocycles. The van der Waals surface area contributed by atoms with Crippen molar-refractivity contribution in [2.24, 2.45) is 17.8 Å². The van der Waals surface area contributed by atoms with Crippen LogP contribution in [0.25, 0.3) is 0 Å². The van der Waals surface area contributed by atoms with Crippen molar-refractivity contribution in [3.8, 4) is 11.5 Å². The molecule has 0 saturated heterocycles. The number of ether oxygens (including phenoxy) is 5. The number of hydrogen-bond acceptors (Lipinski definition) is 10. The third-order valence-corrected chi connectivity index (χ3v) is 11.4. The molecule has 1 heterocycles. The van der Waals surface area contributed by atoms with Crippen molar-refractivity contribution in [3.63, 3.8) is 0 Å². The third-order valence-electron chi connectivity index (χ3n) is 10.5. The molecule has 0 fully saturated rings. The molecule has 0 aromatic heterocycles. The van der Waals surface area contributed by atoms with Crippen molar-refractivity contribution in [1.82, 2.24) is 0 Å². The molecule has 2 rings (SSSR count). The maximum Gasteiger partial charge on any atom is 0.319 e. The van der Waals surface area contributed by atoms with E-state index in [4.69, 9.17) is 37.8 Å². The van der Waals surface area contributed by atoms with Gasteiger partial charge in [0.25, 0.3) is 0 Å². The number of benzene rings is 1. The molecule has 2 unspecified atom stereocenters. The van der Waals surface area contributed by atoms with E-state index >= 15 is 0 Å². The van der Waals surface area contributed by atoms with Crippen molar-refractivity contribution >= 4 is 8.25 Å². The van der Waals surface area contributed by atoms with Crippen molar-refractivity contribution in [3.05, 3.63) is 22.3 Å². The fraction of sp³-hybridized carbons (Fsp3) is 0.860. The van der Waals surface area contributed by atoms with Crippen molar-refractivity contribution in [1.29, 1.82) is 0 Å². The minimum atomic E-state index is -2.66. The molecule has 2 N–H and O–H groups in total. The summed E-state index contributed by atoms with van der Waals surface area (Å²) >= 11 is 0. The second-order valence-electron chi connectivity index (χ2n) is 16.1. The Morgan fingerprint density at radius 2 is 1.31 bits per heavy atom. The molecule has 0 spiro atoms. The average molecular weight is 878 g/mol. The quantitative estimate of drug-likeness (QED) is 0.0535. The van der Waals surface area contributed by atoms with E-state index in [1.165, 1.54) is 68.1 Å². The summed E-state index contributed by atoms with van der Waals surface area (Å²) in [6, 6.07) is 0. The smallest absolute Gasteiger partial charge is 0.319 e. The summed E-state index contributed by atoms with van der Waals surface area (Å²) in [6.45, 7) is 20.9. The predicted molar refractivity (Wildman–Crippen MR) is 221 cm³/mol. The van der Waals surface area contributed by atoms with Gasteiger partial charge in [-0.1, -0.05) is 80.1 Å². The second-order valence-corrected chi connectivity index (χ2v) is 17.1. The molecule has 12 heteroatoms. The molecule has 0 saturated carbocycles. The van der Waals surface area contributed by atoms with Crippen LogP contribution >= 0.6 is 8.25 Å². The van der Waals surface area contributed by atoms with Crippen LogP contribution in [0, 0.1) is 38.5 Å². The minimum Gasteiger partial charge on any atom is -0.491 e. The molecule has 0 bridgehead atoms. The number of hydrogen-bond donors (Lipinski definition) is 2. The summed E-state index contributed by atoms with van der Waals surface area (Å²) in [5.74, 6) is 4.46. The van der Waals surface area contributed by atoms with Gasteiger partial charge < -0.3 is 42.9 Å². The summed E-state index contributed by atoms with van der Waals surface area (Å²) < 4.78 is 51.4. The normalized spacial score (nSPS) is 17.4. The van der Waals surface area contributed by atoms with Gasteiger partial charge in [-0.25, -0.2) is 0 Å². The molecular weight excluding hydrogens is 796 g/mol. The molecule has 1 aromatic rings. The van der Waals surface area contributed by atoms with E-state index in [0.29, 0.717) is 52.5 Å². The van der Waals surface area contributed by atoms with Crippen molar-refractivity contribution < 1.29 is 80.2 Å². The Bertz CT molecular complexity index is 1160. The monoisotopic (exact) mass is 877 g/mol. The largest absolute Gasteiger partial charge is 0.491 e. The molecule has 1 aliphatic heterocycles. The van der Waals surface area contributed by atoms with Gasteiger partial charge in [-0.05, 0) is 101 Å². The summed E-state index contributed by atoms with van der Waals surface area (Å²) in [5, 5.41) is 18.6. The van der Waals surface area contributed by atoms with E-state index in [-0.39, 0.29) is 72.2 Å². The first-order valence-corrected chi connectivity index (χ1v) is 21.8. The molecule has 10 nitrogen and oxygen atoms in total. The van der Waals surface area contributed by atoms with Gasteiger partial charge in [0.15, 0.2) is 0 Å². The van der Waals surface area contributed by atoms with Crippen molar-refractivity contribution in [2.45, 2.75) is 158 Å². The zero-order valence-corrected chi connectivity index (χ0v) is 39.1. The van der Waals surface area contributed by atoms with Crippen LogP contribution < -0.4 is 9.47 Å². The first-order valence-electron chi connectivity index (χ1n) is 20.6. The average Bonchev–Trinajstić information content (AvgIpc) is 3.11. The molecular formula is C43H81O10PY. The Balaban J connectivity index is 0.0000146. The molecule has 1 aliphatic rings. The van der Waals surface area contributed by atoms with E-state index in [9.17, 15) is 9.67 Å².